The Bertz CT molecular complexity index is 686. The number of nitrogens with one attached hydrogen (secondary N) is 2. The van der Waals surface area contributed by atoms with Gasteiger partial charge in [0.05, 0.1) is 10.9 Å². The minimum atomic E-state index is -0.312. The highest BCUT2D eigenvalue weighted by Gasteiger charge is 2.10. The van der Waals surface area contributed by atoms with Crippen molar-refractivity contribution < 1.29 is 0 Å². The monoisotopic (exact) mass is 175 g/mol. The van der Waals surface area contributed by atoms with Crippen molar-refractivity contribution in [3.05, 3.63) is 39.0 Å². The van der Waals surface area contributed by atoms with E-state index in [-0.39, 0.29) is 11.2 Å². The maximum absolute atomic E-state index is 11.3. The number of para-hydroxylation sites is 1. The van der Waals surface area contributed by atoms with Crippen molar-refractivity contribution in [2.75, 3.05) is 0 Å². The molecule has 3 aromatic rings. The summed E-state index contributed by atoms with van der Waals surface area (Å²) in [5.41, 5.74) is 0.776. The molecule has 0 aliphatic heterocycles. The quantitative estimate of drug-likeness (QED) is 0.501. The van der Waals surface area contributed by atoms with Crippen LogP contribution in [0.5, 0.6) is 0 Å². The van der Waals surface area contributed by atoms with Crippen LogP contribution in [0.4, 0.5) is 0 Å². The van der Waals surface area contributed by atoms with Crippen molar-refractivity contribution in [1.82, 2.24) is 14.6 Å². The highest BCUT2D eigenvalue weighted by molar-refractivity contribution is 5.92. The molecule has 0 radical (unpaired) electrons. The first-order valence-electron chi connectivity index (χ1n) is 3.82. The molecule has 5 nitrogen and oxygen atoms in total. The van der Waals surface area contributed by atoms with E-state index in [2.05, 4.69) is 10.1 Å². The maximum Gasteiger partial charge on any atom is 0.345 e. The molecule has 0 bridgehead atoms. The number of nitrogens with zero attached hydrogens (tertiary/aromatic N) is 1. The minimum absolute atomic E-state index is 0.230. The molecule has 2 aromatic heterocycles. The number of rotatable bonds is 0. The summed E-state index contributed by atoms with van der Waals surface area (Å²) in [5, 5.41) is 2.99. The van der Waals surface area contributed by atoms with E-state index in [9.17, 15) is 9.59 Å². The third-order valence-electron chi connectivity index (χ3n) is 2.16. The highest BCUT2D eigenvalue weighted by Crippen LogP contribution is 2.13. The smallest absolute Gasteiger partial charge is 0.304 e. The van der Waals surface area contributed by atoms with Crippen LogP contribution in [0, 0.1) is 0 Å². The van der Waals surface area contributed by atoms with Gasteiger partial charge in [0.1, 0.15) is 5.52 Å². The summed E-state index contributed by atoms with van der Waals surface area (Å²) in [6, 6.07) is 5.19. The number of imidazole rings is 1. The van der Waals surface area contributed by atoms with Gasteiger partial charge in [-0.25, -0.2) is 4.79 Å². The van der Waals surface area contributed by atoms with Crippen molar-refractivity contribution in [2.24, 2.45) is 0 Å². The van der Waals surface area contributed by atoms with E-state index in [1.807, 2.05) is 0 Å². The molecule has 5 heteroatoms. The molecular formula is C8H5N3O2. The van der Waals surface area contributed by atoms with Crippen LogP contribution in [-0.2, 0) is 0 Å². The van der Waals surface area contributed by atoms with Gasteiger partial charge in [-0.15, -0.1) is 0 Å². The van der Waals surface area contributed by atoms with E-state index in [1.165, 1.54) is 4.52 Å². The molecule has 2 heterocycles. The Kier molecular flexibility index (Phi) is 0.906. The van der Waals surface area contributed by atoms with E-state index in [4.69, 9.17) is 0 Å². The van der Waals surface area contributed by atoms with E-state index >= 15 is 0 Å². The Labute approximate surface area is 70.9 Å². The van der Waals surface area contributed by atoms with Gasteiger partial charge in [-0.1, -0.05) is 6.07 Å². The lowest BCUT2D eigenvalue weighted by atomic mass is 10.2. The second-order valence-corrected chi connectivity index (χ2v) is 2.91. The van der Waals surface area contributed by atoms with Crippen LogP contribution in [0.3, 0.4) is 0 Å². The first-order chi connectivity index (χ1) is 6.27. The second kappa shape index (κ2) is 1.82. The molecule has 64 valence electrons. The summed E-state index contributed by atoms with van der Waals surface area (Å²) >= 11 is 0. The van der Waals surface area contributed by atoms with Crippen LogP contribution in [0.2, 0.25) is 0 Å². The van der Waals surface area contributed by atoms with Crippen LogP contribution >= 0.6 is 0 Å². The Morgan fingerprint density at radius 3 is 2.92 bits per heavy atom. The summed E-state index contributed by atoms with van der Waals surface area (Å²) in [6.45, 7) is 0. The third kappa shape index (κ3) is 0.618. The summed E-state index contributed by atoms with van der Waals surface area (Å²) in [6.07, 6.45) is 0. The van der Waals surface area contributed by atoms with Gasteiger partial charge >= 0.3 is 5.69 Å². The molecule has 2 N–H and O–H groups in total. The van der Waals surface area contributed by atoms with Crippen LogP contribution in [0.1, 0.15) is 0 Å². The van der Waals surface area contributed by atoms with Crippen molar-refractivity contribution in [2.45, 2.75) is 0 Å². The molecule has 0 aliphatic carbocycles. The maximum atomic E-state index is 11.3. The Morgan fingerprint density at radius 2 is 2.08 bits per heavy atom. The Morgan fingerprint density at radius 1 is 1.23 bits per heavy atom. The Hall–Kier alpha value is -2.04. The van der Waals surface area contributed by atoms with E-state index in [0.29, 0.717) is 16.4 Å². The number of hydrogen-bond acceptors (Lipinski definition) is 2. The summed E-state index contributed by atoms with van der Waals surface area (Å²) < 4.78 is 1.23. The summed E-state index contributed by atoms with van der Waals surface area (Å²) in [5.74, 6) is 0. The largest absolute Gasteiger partial charge is 0.345 e. The number of H-pyrrole nitrogens is 2. The molecule has 0 spiro atoms. The standard InChI is InChI=1S/C8H5N3O2/c12-7-4-2-1-3-5-6(4)11(10-7)8(13)9-5/h1-3H,(H,9,13)(H,10,12). The normalized spacial score (nSPS) is 11.7. The van der Waals surface area contributed by atoms with Crippen molar-refractivity contribution in [3.8, 4) is 0 Å². The average Bonchev–Trinajstić information content (AvgIpc) is 2.59. The van der Waals surface area contributed by atoms with Gasteiger partial charge in [0.2, 0.25) is 0 Å². The van der Waals surface area contributed by atoms with Crippen LogP contribution in [0.25, 0.3) is 16.4 Å². The van der Waals surface area contributed by atoms with E-state index in [0.717, 1.165) is 0 Å². The van der Waals surface area contributed by atoms with Gasteiger partial charge in [0, 0.05) is 0 Å². The zero-order valence-corrected chi connectivity index (χ0v) is 6.50. The molecule has 0 fully saturated rings. The molecule has 0 unspecified atom stereocenters. The van der Waals surface area contributed by atoms with Crippen molar-refractivity contribution in [3.63, 3.8) is 0 Å². The summed E-state index contributed by atoms with van der Waals surface area (Å²) in [4.78, 5) is 25.1. The molecule has 1 aromatic carbocycles. The topological polar surface area (TPSA) is 70.1 Å². The summed E-state index contributed by atoms with van der Waals surface area (Å²) in [7, 11) is 0. The van der Waals surface area contributed by atoms with E-state index in [1.54, 1.807) is 18.2 Å². The lowest BCUT2D eigenvalue weighted by Gasteiger charge is -1.84. The zero-order valence-electron chi connectivity index (χ0n) is 6.50. The zero-order chi connectivity index (χ0) is 9.00. The first kappa shape index (κ1) is 6.47. The first-order valence-corrected chi connectivity index (χ1v) is 3.82. The molecule has 0 saturated carbocycles. The third-order valence-corrected chi connectivity index (χ3v) is 2.16. The van der Waals surface area contributed by atoms with Crippen LogP contribution < -0.4 is 11.2 Å². The number of aromatic nitrogens is 3. The predicted octanol–water partition coefficient (Wildman–Crippen LogP) is -0.0931. The van der Waals surface area contributed by atoms with Gasteiger partial charge in [0.15, 0.2) is 0 Å². The fraction of sp³-hybridized carbons (Fsp3) is 0. The second-order valence-electron chi connectivity index (χ2n) is 2.91. The lowest BCUT2D eigenvalue weighted by molar-refractivity contribution is 0.888. The molecule has 0 amide bonds. The number of aromatic amines is 2. The SMILES string of the molecule is O=c1[nH]n2c(=O)[nH]c3cccc1c32. The van der Waals surface area contributed by atoms with Crippen LogP contribution in [0.15, 0.2) is 27.8 Å². The highest BCUT2D eigenvalue weighted by atomic mass is 16.2. The van der Waals surface area contributed by atoms with Gasteiger partial charge in [-0.3, -0.25) is 9.89 Å². The number of hydrogen-bond donors (Lipinski definition) is 2. The molecule has 0 atom stereocenters. The van der Waals surface area contributed by atoms with Gasteiger partial charge in [-0.2, -0.15) is 4.52 Å². The molecule has 0 saturated heterocycles. The molecule has 0 aliphatic rings. The van der Waals surface area contributed by atoms with Gasteiger partial charge in [0.25, 0.3) is 5.56 Å². The predicted molar refractivity (Wildman–Crippen MR) is 47.3 cm³/mol. The van der Waals surface area contributed by atoms with Crippen molar-refractivity contribution >= 4 is 16.4 Å². The van der Waals surface area contributed by atoms with E-state index < -0.39 is 0 Å². The van der Waals surface area contributed by atoms with Gasteiger partial charge < -0.3 is 4.98 Å². The van der Waals surface area contributed by atoms with Crippen LogP contribution in [-0.4, -0.2) is 14.6 Å². The lowest BCUT2D eigenvalue weighted by Crippen LogP contribution is -2.13. The molecular weight excluding hydrogens is 170 g/mol. The minimum Gasteiger partial charge on any atom is -0.304 e. The molecule has 13 heavy (non-hydrogen) atoms. The fourth-order valence-electron chi connectivity index (χ4n) is 1.61. The molecule has 3 rings (SSSR count). The average molecular weight is 175 g/mol. The Balaban J connectivity index is 2.92. The van der Waals surface area contributed by atoms with Gasteiger partial charge in [-0.05, 0) is 12.1 Å². The number of benzene rings is 1. The van der Waals surface area contributed by atoms with Crippen molar-refractivity contribution in [1.29, 1.82) is 0 Å². The fourth-order valence-corrected chi connectivity index (χ4v) is 1.61.